The molecule has 104 valence electrons. The Labute approximate surface area is 122 Å². The molecule has 0 unspecified atom stereocenters. The first-order valence-electron chi connectivity index (χ1n) is 7.03. The van der Waals surface area contributed by atoms with Gasteiger partial charge in [-0.2, -0.15) is 0 Å². The summed E-state index contributed by atoms with van der Waals surface area (Å²) in [6.45, 7) is 1.98. The number of nitrogens with zero attached hydrogens (tertiary/aromatic N) is 1. The summed E-state index contributed by atoms with van der Waals surface area (Å²) in [6, 6.07) is 15.5. The Morgan fingerprint density at radius 2 is 1.62 bits per heavy atom. The van der Waals surface area contributed by atoms with Crippen molar-refractivity contribution >= 4 is 10.9 Å². The second kappa shape index (κ2) is 4.38. The highest BCUT2D eigenvalue weighted by Crippen LogP contribution is 2.45. The summed E-state index contributed by atoms with van der Waals surface area (Å²) < 4.78 is 0. The van der Waals surface area contributed by atoms with Crippen molar-refractivity contribution < 1.29 is 10.2 Å². The Balaban J connectivity index is 2.15. The molecule has 21 heavy (non-hydrogen) atoms. The highest BCUT2D eigenvalue weighted by molar-refractivity contribution is 5.88. The van der Waals surface area contributed by atoms with E-state index in [1.165, 1.54) is 0 Å². The van der Waals surface area contributed by atoms with E-state index in [4.69, 9.17) is 4.98 Å². The van der Waals surface area contributed by atoms with Crippen molar-refractivity contribution in [2.75, 3.05) is 0 Å². The highest BCUT2D eigenvalue weighted by atomic mass is 16.3. The van der Waals surface area contributed by atoms with Crippen LogP contribution in [0.4, 0.5) is 0 Å². The number of aliphatic hydroxyl groups is 2. The van der Waals surface area contributed by atoms with E-state index in [9.17, 15) is 10.2 Å². The minimum Gasteiger partial charge on any atom is -0.385 e. The van der Waals surface area contributed by atoms with Crippen molar-refractivity contribution in [2.24, 2.45) is 0 Å². The summed E-state index contributed by atoms with van der Waals surface area (Å²) in [6.07, 6.45) is -1.85. The fourth-order valence-corrected chi connectivity index (χ4v) is 3.26. The number of hydrogen-bond donors (Lipinski definition) is 2. The molecule has 1 heterocycles. The summed E-state index contributed by atoms with van der Waals surface area (Å²) in [5.41, 5.74) is 5.04. The van der Waals surface area contributed by atoms with Gasteiger partial charge in [-0.15, -0.1) is 0 Å². The molecule has 3 heteroatoms. The van der Waals surface area contributed by atoms with Crippen LogP contribution in [0, 0.1) is 6.92 Å². The maximum Gasteiger partial charge on any atom is 0.111 e. The maximum absolute atomic E-state index is 10.5. The van der Waals surface area contributed by atoms with Gasteiger partial charge in [0.1, 0.15) is 12.2 Å². The molecule has 2 atom stereocenters. The molecule has 0 spiro atoms. The van der Waals surface area contributed by atoms with Gasteiger partial charge in [0.15, 0.2) is 0 Å². The smallest absolute Gasteiger partial charge is 0.111 e. The van der Waals surface area contributed by atoms with Crippen LogP contribution in [0.5, 0.6) is 0 Å². The number of rotatable bonds is 0. The molecule has 3 nitrogen and oxygen atoms in total. The molecular formula is C18H15NO2. The van der Waals surface area contributed by atoms with Crippen molar-refractivity contribution in [3.63, 3.8) is 0 Å². The second-order valence-corrected chi connectivity index (χ2v) is 5.49. The van der Waals surface area contributed by atoms with Gasteiger partial charge in [-0.3, -0.25) is 0 Å². The van der Waals surface area contributed by atoms with Crippen LogP contribution >= 0.6 is 0 Å². The zero-order valence-electron chi connectivity index (χ0n) is 11.6. The van der Waals surface area contributed by atoms with Crippen LogP contribution < -0.4 is 0 Å². The summed E-state index contributed by atoms with van der Waals surface area (Å²) in [4.78, 5) is 4.73. The van der Waals surface area contributed by atoms with Gasteiger partial charge >= 0.3 is 0 Å². The first-order valence-corrected chi connectivity index (χ1v) is 7.03. The first kappa shape index (κ1) is 12.5. The maximum atomic E-state index is 10.5. The molecular weight excluding hydrogens is 262 g/mol. The average Bonchev–Trinajstić information content (AvgIpc) is 2.52. The molecule has 0 aliphatic heterocycles. The molecule has 0 bridgehead atoms. The third-order valence-electron chi connectivity index (χ3n) is 4.33. The van der Waals surface area contributed by atoms with Gasteiger partial charge < -0.3 is 10.2 Å². The fourth-order valence-electron chi connectivity index (χ4n) is 3.26. The number of fused-ring (bicyclic) bond motifs is 4. The van der Waals surface area contributed by atoms with E-state index < -0.39 is 12.2 Å². The zero-order chi connectivity index (χ0) is 14.6. The molecule has 0 saturated carbocycles. The number of hydrogen-bond acceptors (Lipinski definition) is 3. The Bertz CT molecular complexity index is 857. The number of aliphatic hydroxyl groups excluding tert-OH is 2. The zero-order valence-corrected chi connectivity index (χ0v) is 11.6. The SMILES string of the molecule is Cc1c2c(nc3ccccc13)-c1ccccc1[C@H](O)[C@H]2O. The Morgan fingerprint density at radius 1 is 0.905 bits per heavy atom. The van der Waals surface area contributed by atoms with Crippen LogP contribution in [0.25, 0.3) is 22.2 Å². The standard InChI is InChI=1S/C18H15NO2/c1-10-11-6-4-5-9-14(11)19-16-12-7-2-3-8-13(12)17(20)18(21)15(10)16/h2-9,17-18,20-21H,1H3/t17-,18-/m0/s1. The normalized spacial score (nSPS) is 20.1. The summed E-state index contributed by atoms with van der Waals surface area (Å²) in [7, 11) is 0. The first-order chi connectivity index (χ1) is 10.2. The molecule has 0 radical (unpaired) electrons. The predicted octanol–water partition coefficient (Wildman–Crippen LogP) is 3.29. The topological polar surface area (TPSA) is 53.4 Å². The number of pyridine rings is 1. The van der Waals surface area contributed by atoms with Gasteiger partial charge in [-0.25, -0.2) is 4.98 Å². The van der Waals surface area contributed by atoms with E-state index in [-0.39, 0.29) is 0 Å². The molecule has 0 amide bonds. The minimum atomic E-state index is -0.938. The molecule has 1 aromatic heterocycles. The Morgan fingerprint density at radius 3 is 2.48 bits per heavy atom. The third-order valence-corrected chi connectivity index (χ3v) is 4.33. The lowest BCUT2D eigenvalue weighted by Crippen LogP contribution is -2.19. The Hall–Kier alpha value is -2.23. The lowest BCUT2D eigenvalue weighted by molar-refractivity contribution is 0.0152. The van der Waals surface area contributed by atoms with Crippen molar-refractivity contribution in [2.45, 2.75) is 19.1 Å². The fraction of sp³-hybridized carbons (Fsp3) is 0.167. The van der Waals surface area contributed by atoms with Crippen LogP contribution in [-0.2, 0) is 0 Å². The van der Waals surface area contributed by atoms with Crippen LogP contribution in [0.3, 0.4) is 0 Å². The van der Waals surface area contributed by atoms with Gasteiger partial charge in [0.2, 0.25) is 0 Å². The van der Waals surface area contributed by atoms with Crippen molar-refractivity contribution in [3.8, 4) is 11.3 Å². The summed E-state index contributed by atoms with van der Waals surface area (Å²) >= 11 is 0. The van der Waals surface area contributed by atoms with Gasteiger partial charge in [0.05, 0.1) is 11.2 Å². The van der Waals surface area contributed by atoms with Crippen LogP contribution in [-0.4, -0.2) is 15.2 Å². The molecule has 1 aliphatic rings. The largest absolute Gasteiger partial charge is 0.385 e. The number of para-hydroxylation sites is 1. The van der Waals surface area contributed by atoms with E-state index in [1.54, 1.807) is 0 Å². The molecule has 2 N–H and O–H groups in total. The summed E-state index contributed by atoms with van der Waals surface area (Å²) in [5.74, 6) is 0. The molecule has 1 aliphatic carbocycles. The molecule has 2 aromatic carbocycles. The summed E-state index contributed by atoms with van der Waals surface area (Å²) in [5, 5.41) is 21.9. The van der Waals surface area contributed by atoms with Crippen LogP contribution in [0.1, 0.15) is 28.9 Å². The monoisotopic (exact) mass is 277 g/mol. The quantitative estimate of drug-likeness (QED) is 0.663. The van der Waals surface area contributed by atoms with Crippen molar-refractivity contribution in [3.05, 3.63) is 65.2 Å². The minimum absolute atomic E-state index is 0.736. The second-order valence-electron chi connectivity index (χ2n) is 5.49. The van der Waals surface area contributed by atoms with Crippen LogP contribution in [0.15, 0.2) is 48.5 Å². The third kappa shape index (κ3) is 1.65. The lowest BCUT2D eigenvalue weighted by Gasteiger charge is -2.30. The predicted molar refractivity (Wildman–Crippen MR) is 81.8 cm³/mol. The van der Waals surface area contributed by atoms with E-state index in [1.807, 2.05) is 55.5 Å². The lowest BCUT2D eigenvalue weighted by atomic mass is 9.82. The van der Waals surface area contributed by atoms with E-state index >= 15 is 0 Å². The van der Waals surface area contributed by atoms with Gasteiger partial charge in [0.25, 0.3) is 0 Å². The highest BCUT2D eigenvalue weighted by Gasteiger charge is 2.33. The molecule has 3 aromatic rings. The van der Waals surface area contributed by atoms with Crippen LogP contribution in [0.2, 0.25) is 0 Å². The van der Waals surface area contributed by atoms with Gasteiger partial charge in [0, 0.05) is 16.5 Å². The average molecular weight is 277 g/mol. The number of aromatic nitrogens is 1. The number of aryl methyl sites for hydroxylation is 1. The van der Waals surface area contributed by atoms with Crippen molar-refractivity contribution in [1.82, 2.24) is 4.98 Å². The van der Waals surface area contributed by atoms with Gasteiger partial charge in [-0.1, -0.05) is 42.5 Å². The van der Waals surface area contributed by atoms with Gasteiger partial charge in [-0.05, 0) is 24.1 Å². The molecule has 0 saturated heterocycles. The van der Waals surface area contributed by atoms with E-state index in [2.05, 4.69) is 0 Å². The number of benzene rings is 2. The van der Waals surface area contributed by atoms with Crippen molar-refractivity contribution in [1.29, 1.82) is 0 Å². The molecule has 4 rings (SSSR count). The van der Waals surface area contributed by atoms with E-state index in [0.29, 0.717) is 0 Å². The molecule has 0 fully saturated rings. The Kier molecular flexibility index (Phi) is 2.61. The van der Waals surface area contributed by atoms with E-state index in [0.717, 1.165) is 38.9 Å².